The predicted molar refractivity (Wildman–Crippen MR) is 88.2 cm³/mol. The van der Waals surface area contributed by atoms with Crippen molar-refractivity contribution >= 4 is 43.2 Å². The Kier molecular flexibility index (Phi) is 5.45. The monoisotopic (exact) mass is 403 g/mol. The van der Waals surface area contributed by atoms with Crippen LogP contribution in [-0.2, 0) is 0 Å². The van der Waals surface area contributed by atoms with Crippen molar-refractivity contribution < 1.29 is 4.74 Å². The average molecular weight is 405 g/mol. The Balaban J connectivity index is 2.36. The molecule has 0 saturated carbocycles. The van der Waals surface area contributed by atoms with E-state index in [1.807, 2.05) is 6.07 Å². The molecule has 1 atom stereocenters. The van der Waals surface area contributed by atoms with Crippen LogP contribution in [0.5, 0.6) is 5.75 Å². The summed E-state index contributed by atoms with van der Waals surface area (Å²) in [4.78, 5) is 1.30. The molecule has 0 aliphatic carbocycles. The molecule has 0 aliphatic rings. The van der Waals surface area contributed by atoms with Crippen molar-refractivity contribution in [2.45, 2.75) is 13.0 Å². The van der Waals surface area contributed by atoms with E-state index in [9.17, 15) is 0 Å². The first-order valence-corrected chi connectivity index (χ1v) is 8.38. The predicted octanol–water partition coefficient (Wildman–Crippen LogP) is 4.98. The number of methoxy groups -OCH3 is 1. The van der Waals surface area contributed by atoms with Crippen LogP contribution in [0.25, 0.3) is 0 Å². The van der Waals surface area contributed by atoms with Crippen LogP contribution in [0.3, 0.4) is 0 Å². The van der Waals surface area contributed by atoms with Gasteiger partial charge in [0.15, 0.2) is 0 Å². The van der Waals surface area contributed by atoms with Crippen molar-refractivity contribution in [1.29, 1.82) is 0 Å². The molecule has 2 aromatic rings. The number of nitrogens with one attached hydrogen (secondary N) is 1. The lowest BCUT2D eigenvalue weighted by atomic mass is 10.1. The van der Waals surface area contributed by atoms with Crippen molar-refractivity contribution in [3.63, 3.8) is 0 Å². The van der Waals surface area contributed by atoms with Gasteiger partial charge in [-0.05, 0) is 68.2 Å². The largest absolute Gasteiger partial charge is 0.496 e. The van der Waals surface area contributed by atoms with E-state index in [0.717, 1.165) is 20.6 Å². The maximum Gasteiger partial charge on any atom is 0.133 e. The lowest BCUT2D eigenvalue weighted by Crippen LogP contribution is -2.21. The molecule has 0 spiro atoms. The summed E-state index contributed by atoms with van der Waals surface area (Å²) < 4.78 is 7.41. The van der Waals surface area contributed by atoms with Gasteiger partial charge in [0.25, 0.3) is 0 Å². The van der Waals surface area contributed by atoms with E-state index in [1.165, 1.54) is 10.4 Å². The minimum Gasteiger partial charge on any atom is -0.496 e. The molecule has 1 aromatic heterocycles. The fraction of sp³-hybridized carbons (Fsp3) is 0.286. The van der Waals surface area contributed by atoms with Gasteiger partial charge in [-0.15, -0.1) is 11.3 Å². The average Bonchev–Trinajstić information content (AvgIpc) is 2.82. The van der Waals surface area contributed by atoms with Gasteiger partial charge in [-0.25, -0.2) is 0 Å². The molecule has 1 unspecified atom stereocenters. The second-order valence-corrected chi connectivity index (χ2v) is 7.38. The summed E-state index contributed by atoms with van der Waals surface area (Å²) in [5.74, 6) is 0.853. The van der Waals surface area contributed by atoms with E-state index in [2.05, 4.69) is 68.4 Å². The Morgan fingerprint density at radius 1 is 1.26 bits per heavy atom. The van der Waals surface area contributed by atoms with E-state index in [-0.39, 0.29) is 6.04 Å². The van der Waals surface area contributed by atoms with E-state index in [1.54, 1.807) is 18.4 Å². The SMILES string of the molecule is CCNC(c1ccc(OC)c(Br)c1)c1ccc(Br)s1. The van der Waals surface area contributed by atoms with Crippen molar-refractivity contribution in [3.05, 3.63) is 49.0 Å². The third kappa shape index (κ3) is 3.60. The van der Waals surface area contributed by atoms with Gasteiger partial charge in [0.1, 0.15) is 5.75 Å². The van der Waals surface area contributed by atoms with Gasteiger partial charge in [-0.2, -0.15) is 0 Å². The van der Waals surface area contributed by atoms with Gasteiger partial charge in [-0.1, -0.05) is 13.0 Å². The highest BCUT2D eigenvalue weighted by molar-refractivity contribution is 9.11. The highest BCUT2D eigenvalue weighted by atomic mass is 79.9. The highest BCUT2D eigenvalue weighted by Crippen LogP contribution is 2.34. The first-order valence-electron chi connectivity index (χ1n) is 5.97. The fourth-order valence-electron chi connectivity index (χ4n) is 1.93. The molecule has 0 aliphatic heterocycles. The first kappa shape index (κ1) is 15.0. The fourth-order valence-corrected chi connectivity index (χ4v) is 4.02. The van der Waals surface area contributed by atoms with Crippen LogP contribution in [0.2, 0.25) is 0 Å². The van der Waals surface area contributed by atoms with E-state index in [0.29, 0.717) is 0 Å². The summed E-state index contributed by atoms with van der Waals surface area (Å²) in [6.45, 7) is 3.04. The lowest BCUT2D eigenvalue weighted by molar-refractivity contribution is 0.412. The molecule has 5 heteroatoms. The summed E-state index contributed by atoms with van der Waals surface area (Å²) in [7, 11) is 1.68. The van der Waals surface area contributed by atoms with Gasteiger partial charge < -0.3 is 10.1 Å². The second-order valence-electron chi connectivity index (χ2n) is 4.03. The number of ether oxygens (including phenoxy) is 1. The number of rotatable bonds is 5. The second kappa shape index (κ2) is 6.88. The third-order valence-electron chi connectivity index (χ3n) is 2.80. The number of halogens is 2. The quantitative estimate of drug-likeness (QED) is 0.758. The normalized spacial score (nSPS) is 12.4. The van der Waals surface area contributed by atoms with Crippen molar-refractivity contribution in [1.82, 2.24) is 5.32 Å². The first-order chi connectivity index (χ1) is 9.15. The molecule has 0 bridgehead atoms. The third-order valence-corrected chi connectivity index (χ3v) is 5.10. The number of benzene rings is 1. The summed E-state index contributed by atoms with van der Waals surface area (Å²) in [5.41, 5.74) is 1.23. The minimum absolute atomic E-state index is 0.212. The summed E-state index contributed by atoms with van der Waals surface area (Å²) in [6.07, 6.45) is 0. The zero-order valence-electron chi connectivity index (χ0n) is 10.7. The molecule has 1 aromatic carbocycles. The van der Waals surface area contributed by atoms with Crippen molar-refractivity contribution in [2.75, 3.05) is 13.7 Å². The molecule has 0 fully saturated rings. The smallest absolute Gasteiger partial charge is 0.133 e. The Bertz CT molecular complexity index is 556. The van der Waals surface area contributed by atoms with Crippen LogP contribution in [0.4, 0.5) is 0 Å². The molecular formula is C14H15Br2NOS. The number of hydrogen-bond acceptors (Lipinski definition) is 3. The molecule has 0 radical (unpaired) electrons. The minimum atomic E-state index is 0.212. The zero-order valence-corrected chi connectivity index (χ0v) is 14.7. The molecule has 0 amide bonds. The molecular weight excluding hydrogens is 390 g/mol. The van der Waals surface area contributed by atoms with Crippen molar-refractivity contribution in [3.8, 4) is 5.75 Å². The molecule has 1 N–H and O–H groups in total. The highest BCUT2D eigenvalue weighted by Gasteiger charge is 2.16. The summed E-state index contributed by atoms with van der Waals surface area (Å²) >= 11 is 8.82. The van der Waals surface area contributed by atoms with Crippen molar-refractivity contribution in [2.24, 2.45) is 0 Å². The van der Waals surface area contributed by atoms with Crippen LogP contribution in [-0.4, -0.2) is 13.7 Å². The molecule has 19 heavy (non-hydrogen) atoms. The lowest BCUT2D eigenvalue weighted by Gasteiger charge is -2.18. The van der Waals surface area contributed by atoms with Gasteiger partial charge >= 0.3 is 0 Å². The van der Waals surface area contributed by atoms with Gasteiger partial charge in [0.2, 0.25) is 0 Å². The van der Waals surface area contributed by atoms with Crippen LogP contribution in [0, 0.1) is 0 Å². The number of hydrogen-bond donors (Lipinski definition) is 1. The zero-order chi connectivity index (χ0) is 13.8. The van der Waals surface area contributed by atoms with Gasteiger partial charge in [0.05, 0.1) is 21.4 Å². The molecule has 102 valence electrons. The maximum atomic E-state index is 5.28. The Morgan fingerprint density at radius 2 is 2.05 bits per heavy atom. The van der Waals surface area contributed by atoms with Crippen LogP contribution in [0.15, 0.2) is 38.6 Å². The van der Waals surface area contributed by atoms with Crippen LogP contribution < -0.4 is 10.1 Å². The van der Waals surface area contributed by atoms with Crippen LogP contribution >= 0.6 is 43.2 Å². The Morgan fingerprint density at radius 3 is 2.58 bits per heavy atom. The Labute approximate surface area is 134 Å². The van der Waals surface area contributed by atoms with Gasteiger partial charge in [0, 0.05) is 4.88 Å². The van der Waals surface area contributed by atoms with E-state index in [4.69, 9.17) is 4.74 Å². The number of thiophene rings is 1. The molecule has 2 nitrogen and oxygen atoms in total. The Hall–Kier alpha value is -0.360. The van der Waals surface area contributed by atoms with Crippen LogP contribution in [0.1, 0.15) is 23.4 Å². The molecule has 0 saturated heterocycles. The topological polar surface area (TPSA) is 21.3 Å². The molecule has 1 heterocycles. The molecule has 2 rings (SSSR count). The summed E-state index contributed by atoms with van der Waals surface area (Å²) in [5, 5.41) is 3.52. The summed E-state index contributed by atoms with van der Waals surface area (Å²) in [6, 6.07) is 10.7. The van der Waals surface area contributed by atoms with E-state index < -0.39 is 0 Å². The maximum absolute atomic E-state index is 5.28. The standard InChI is InChI=1S/C14H15Br2NOS/c1-3-17-14(12-6-7-13(16)19-12)9-4-5-11(18-2)10(15)8-9/h4-8,14,17H,3H2,1-2H3. The van der Waals surface area contributed by atoms with Gasteiger partial charge in [-0.3, -0.25) is 0 Å². The van der Waals surface area contributed by atoms with E-state index >= 15 is 0 Å².